The van der Waals surface area contributed by atoms with E-state index in [1.807, 2.05) is 0 Å². The lowest BCUT2D eigenvalue weighted by Crippen LogP contribution is -2.33. The molecular weight excluding hydrogens is 168 g/mol. The minimum Gasteiger partial charge on any atom is -0.368 e. The predicted octanol–water partition coefficient (Wildman–Crippen LogP) is 0.442. The zero-order valence-electron chi connectivity index (χ0n) is 6.57. The predicted molar refractivity (Wildman–Crippen MR) is 40.0 cm³/mol. The third-order valence-electron chi connectivity index (χ3n) is 2.01. The first-order chi connectivity index (χ1) is 4.90. The maximum absolute atomic E-state index is 10.7. The van der Waals surface area contributed by atoms with E-state index in [-0.39, 0.29) is 0 Å². The molecule has 1 aliphatic heterocycles. The van der Waals surface area contributed by atoms with Crippen LogP contribution in [0.5, 0.6) is 0 Å². The lowest BCUT2D eigenvalue weighted by Gasteiger charge is -2.14. The molecule has 2 atom stereocenters. The number of ether oxygens (including phenoxy) is 1. The molecule has 5 heteroatoms. The van der Waals surface area contributed by atoms with Crippen LogP contribution in [0.2, 0.25) is 0 Å². The molecule has 1 heterocycles. The van der Waals surface area contributed by atoms with Gasteiger partial charge in [0, 0.05) is 0 Å². The van der Waals surface area contributed by atoms with Crippen LogP contribution in [0.1, 0.15) is 20.3 Å². The molecule has 0 spiro atoms. The molecule has 4 nitrogen and oxygen atoms in total. The Hall–Kier alpha value is -0.130. The topological polar surface area (TPSA) is 66.9 Å². The molecule has 1 saturated heterocycles. The first-order valence-corrected chi connectivity index (χ1v) is 5.01. The van der Waals surface area contributed by atoms with Gasteiger partial charge in [-0.15, -0.1) is 0 Å². The molecular formula is C6H12O4S. The summed E-state index contributed by atoms with van der Waals surface area (Å²) in [7, 11) is -3.94. The van der Waals surface area contributed by atoms with Crippen LogP contribution in [0.3, 0.4) is 0 Å². The molecule has 1 fully saturated rings. The molecule has 1 rings (SSSR count). The van der Waals surface area contributed by atoms with E-state index in [1.54, 1.807) is 13.8 Å². The minimum absolute atomic E-state index is 0.384. The van der Waals surface area contributed by atoms with E-state index >= 15 is 0 Å². The van der Waals surface area contributed by atoms with Crippen molar-refractivity contribution in [3.63, 3.8) is 0 Å². The van der Waals surface area contributed by atoms with Crippen LogP contribution in [0.15, 0.2) is 0 Å². The fourth-order valence-corrected chi connectivity index (χ4v) is 2.44. The van der Waals surface area contributed by atoms with Gasteiger partial charge >= 0.3 is 0 Å². The first kappa shape index (κ1) is 8.96. The van der Waals surface area contributed by atoms with Crippen LogP contribution in [0.4, 0.5) is 0 Å². The van der Waals surface area contributed by atoms with E-state index in [2.05, 4.69) is 0 Å². The first-order valence-electron chi connectivity index (χ1n) is 3.50. The minimum atomic E-state index is -3.94. The van der Waals surface area contributed by atoms with Gasteiger partial charge in [0.25, 0.3) is 10.1 Å². The SMILES string of the molecule is CCC(C1(C)CO1)S(=O)(=O)O. The van der Waals surface area contributed by atoms with E-state index in [1.165, 1.54) is 0 Å². The van der Waals surface area contributed by atoms with Gasteiger partial charge in [0.05, 0.1) is 6.61 Å². The van der Waals surface area contributed by atoms with Gasteiger partial charge in [-0.2, -0.15) is 8.42 Å². The number of epoxide rings is 1. The molecule has 0 aliphatic carbocycles. The highest BCUT2D eigenvalue weighted by molar-refractivity contribution is 7.86. The lowest BCUT2D eigenvalue weighted by molar-refractivity contribution is 0.299. The number of hydrogen-bond donors (Lipinski definition) is 1. The van der Waals surface area contributed by atoms with Crippen LogP contribution in [-0.4, -0.2) is 30.4 Å². The van der Waals surface area contributed by atoms with E-state index in [4.69, 9.17) is 9.29 Å². The maximum Gasteiger partial charge on any atom is 0.270 e. The quantitative estimate of drug-likeness (QED) is 0.505. The van der Waals surface area contributed by atoms with Crippen LogP contribution in [-0.2, 0) is 14.9 Å². The molecule has 11 heavy (non-hydrogen) atoms. The van der Waals surface area contributed by atoms with Crippen molar-refractivity contribution in [2.75, 3.05) is 6.61 Å². The third kappa shape index (κ3) is 1.72. The van der Waals surface area contributed by atoms with Crippen molar-refractivity contribution in [1.82, 2.24) is 0 Å². The maximum atomic E-state index is 10.7. The van der Waals surface area contributed by atoms with Gasteiger partial charge < -0.3 is 4.74 Å². The van der Waals surface area contributed by atoms with Crippen molar-refractivity contribution in [3.05, 3.63) is 0 Å². The molecule has 66 valence electrons. The van der Waals surface area contributed by atoms with E-state index in [0.29, 0.717) is 13.0 Å². The normalized spacial score (nSPS) is 33.4. The average Bonchev–Trinajstić information content (AvgIpc) is 2.45. The number of hydrogen-bond acceptors (Lipinski definition) is 3. The summed E-state index contributed by atoms with van der Waals surface area (Å²) in [5.74, 6) is 0. The van der Waals surface area contributed by atoms with Crippen molar-refractivity contribution in [1.29, 1.82) is 0 Å². The fourth-order valence-electron chi connectivity index (χ4n) is 1.26. The van der Waals surface area contributed by atoms with Gasteiger partial charge in [-0.25, -0.2) is 0 Å². The molecule has 0 amide bonds. The van der Waals surface area contributed by atoms with Crippen molar-refractivity contribution >= 4 is 10.1 Å². The Labute approximate surface area is 66.3 Å². The van der Waals surface area contributed by atoms with E-state index in [9.17, 15) is 8.42 Å². The average molecular weight is 180 g/mol. The molecule has 1 N–H and O–H groups in total. The Bertz CT molecular complexity index is 239. The summed E-state index contributed by atoms with van der Waals surface area (Å²) in [5, 5.41) is -0.769. The van der Waals surface area contributed by atoms with Crippen LogP contribution >= 0.6 is 0 Å². The lowest BCUT2D eigenvalue weighted by atomic mass is 10.1. The van der Waals surface area contributed by atoms with Crippen molar-refractivity contribution in [2.24, 2.45) is 0 Å². The van der Waals surface area contributed by atoms with E-state index in [0.717, 1.165) is 0 Å². The van der Waals surface area contributed by atoms with Gasteiger partial charge in [-0.3, -0.25) is 4.55 Å². The second-order valence-corrected chi connectivity index (χ2v) is 4.61. The largest absolute Gasteiger partial charge is 0.368 e. The highest BCUT2D eigenvalue weighted by Gasteiger charge is 2.51. The summed E-state index contributed by atoms with van der Waals surface area (Å²) in [5.41, 5.74) is -0.637. The zero-order chi connectivity index (χ0) is 8.70. The smallest absolute Gasteiger partial charge is 0.270 e. The summed E-state index contributed by atoms with van der Waals surface area (Å²) >= 11 is 0. The van der Waals surface area contributed by atoms with Crippen molar-refractivity contribution < 1.29 is 17.7 Å². The van der Waals surface area contributed by atoms with E-state index < -0.39 is 21.0 Å². The van der Waals surface area contributed by atoms with Gasteiger partial charge in [0.2, 0.25) is 0 Å². The molecule has 2 unspecified atom stereocenters. The summed E-state index contributed by atoms with van der Waals surface area (Å²) in [6.07, 6.45) is 0.384. The third-order valence-corrected chi connectivity index (χ3v) is 3.56. The van der Waals surface area contributed by atoms with Gasteiger partial charge in [0.1, 0.15) is 10.9 Å². The van der Waals surface area contributed by atoms with Gasteiger partial charge in [0.15, 0.2) is 0 Å². The standard InChI is InChI=1S/C6H12O4S/c1-3-5(11(7,8)9)6(2)4-10-6/h5H,3-4H2,1-2H3,(H,7,8,9). The fraction of sp³-hybridized carbons (Fsp3) is 1.00. The van der Waals surface area contributed by atoms with Crippen molar-refractivity contribution in [3.8, 4) is 0 Å². The highest BCUT2D eigenvalue weighted by atomic mass is 32.2. The highest BCUT2D eigenvalue weighted by Crippen LogP contribution is 2.35. The molecule has 0 aromatic heterocycles. The Morgan fingerprint density at radius 2 is 2.18 bits per heavy atom. The molecule has 0 bridgehead atoms. The Kier molecular flexibility index (Phi) is 1.98. The molecule has 1 aliphatic rings. The second kappa shape index (κ2) is 2.43. The van der Waals surface area contributed by atoms with Crippen LogP contribution in [0.25, 0.3) is 0 Å². The molecule has 0 saturated carbocycles. The Morgan fingerprint density at radius 3 is 2.27 bits per heavy atom. The number of rotatable bonds is 3. The summed E-state index contributed by atoms with van der Waals surface area (Å²) < 4.78 is 35.1. The molecule has 0 aromatic carbocycles. The van der Waals surface area contributed by atoms with Crippen molar-refractivity contribution in [2.45, 2.75) is 31.1 Å². The zero-order valence-corrected chi connectivity index (χ0v) is 7.39. The summed E-state index contributed by atoms with van der Waals surface area (Å²) in [4.78, 5) is 0. The van der Waals surface area contributed by atoms with Crippen LogP contribution < -0.4 is 0 Å². The summed E-state index contributed by atoms with van der Waals surface area (Å²) in [6.45, 7) is 3.82. The van der Waals surface area contributed by atoms with Gasteiger partial charge in [-0.1, -0.05) is 6.92 Å². The second-order valence-electron chi connectivity index (χ2n) is 3.01. The van der Waals surface area contributed by atoms with Crippen LogP contribution in [0, 0.1) is 0 Å². The monoisotopic (exact) mass is 180 g/mol. The summed E-state index contributed by atoms with van der Waals surface area (Å²) in [6, 6.07) is 0. The molecule has 0 radical (unpaired) electrons. The Morgan fingerprint density at radius 1 is 1.73 bits per heavy atom. The van der Waals surface area contributed by atoms with Gasteiger partial charge in [-0.05, 0) is 13.3 Å². The Balaban J connectivity index is 2.81. The molecule has 0 aromatic rings.